The van der Waals surface area contributed by atoms with E-state index in [1.807, 2.05) is 19.1 Å². The van der Waals surface area contributed by atoms with Crippen molar-refractivity contribution < 1.29 is 14.3 Å². The number of hydrogen-bond acceptors (Lipinski definition) is 2. The number of fused-ring (bicyclic) bond motifs is 1. The lowest BCUT2D eigenvalue weighted by Crippen LogP contribution is -1.91. The maximum atomic E-state index is 10.6. The van der Waals surface area contributed by atoms with E-state index in [0.29, 0.717) is 5.58 Å². The molecule has 0 saturated heterocycles. The third-order valence-electron chi connectivity index (χ3n) is 1.88. The number of carboxylic acids is 1. The van der Waals surface area contributed by atoms with Gasteiger partial charge in [-0.05, 0) is 25.1 Å². The minimum atomic E-state index is -1.03. The Bertz CT molecular complexity index is 468. The Balaban J connectivity index is 2.68. The van der Waals surface area contributed by atoms with E-state index in [-0.39, 0.29) is 5.76 Å². The smallest absolute Gasteiger partial charge is 0.371 e. The van der Waals surface area contributed by atoms with Gasteiger partial charge in [0.25, 0.3) is 0 Å². The molecule has 0 aliphatic heterocycles. The molecule has 0 saturated carbocycles. The van der Waals surface area contributed by atoms with Crippen LogP contribution in [0.1, 0.15) is 16.1 Å². The standard InChI is InChI=1S/C10H8O3/c1-6-2-3-8-7(4-6)5-9(13-8)10(11)12/h2-5H,1H3,(H,11,12). The molecule has 66 valence electrons. The van der Waals surface area contributed by atoms with Crippen molar-refractivity contribution in [2.24, 2.45) is 0 Å². The minimum absolute atomic E-state index is 0.0133. The molecule has 1 heterocycles. The number of carbonyl (C=O) groups is 1. The molecular formula is C10H8O3. The Kier molecular flexibility index (Phi) is 1.59. The molecule has 0 radical (unpaired) electrons. The van der Waals surface area contributed by atoms with Crippen molar-refractivity contribution >= 4 is 16.9 Å². The molecule has 0 aliphatic carbocycles. The normalized spacial score (nSPS) is 10.5. The van der Waals surface area contributed by atoms with E-state index in [1.165, 1.54) is 6.07 Å². The quantitative estimate of drug-likeness (QED) is 0.725. The van der Waals surface area contributed by atoms with Gasteiger partial charge in [-0.25, -0.2) is 4.79 Å². The lowest BCUT2D eigenvalue weighted by Gasteiger charge is -1.89. The molecule has 13 heavy (non-hydrogen) atoms. The van der Waals surface area contributed by atoms with Gasteiger partial charge in [-0.2, -0.15) is 0 Å². The highest BCUT2D eigenvalue weighted by Crippen LogP contribution is 2.20. The summed E-state index contributed by atoms with van der Waals surface area (Å²) in [6, 6.07) is 7.09. The first-order valence-corrected chi connectivity index (χ1v) is 3.90. The maximum absolute atomic E-state index is 10.6. The van der Waals surface area contributed by atoms with Crippen molar-refractivity contribution in [3.05, 3.63) is 35.6 Å². The second-order valence-corrected chi connectivity index (χ2v) is 2.96. The number of carboxylic acid groups (broad SMARTS) is 1. The SMILES string of the molecule is Cc1ccc2oc(C(=O)O)cc2c1. The summed E-state index contributed by atoms with van der Waals surface area (Å²) in [4.78, 5) is 10.6. The molecule has 1 aromatic heterocycles. The van der Waals surface area contributed by atoms with Gasteiger partial charge in [0, 0.05) is 5.39 Å². The van der Waals surface area contributed by atoms with Crippen LogP contribution in [0.4, 0.5) is 0 Å². The monoisotopic (exact) mass is 176 g/mol. The van der Waals surface area contributed by atoms with Crippen LogP contribution in [0, 0.1) is 6.92 Å². The van der Waals surface area contributed by atoms with Gasteiger partial charge in [-0.15, -0.1) is 0 Å². The highest BCUT2D eigenvalue weighted by Gasteiger charge is 2.09. The molecule has 1 aromatic carbocycles. The fourth-order valence-corrected chi connectivity index (χ4v) is 1.27. The molecule has 1 N–H and O–H groups in total. The Morgan fingerprint density at radius 1 is 1.38 bits per heavy atom. The summed E-state index contributed by atoms with van der Waals surface area (Å²) in [5, 5.41) is 9.49. The van der Waals surface area contributed by atoms with E-state index in [0.717, 1.165) is 10.9 Å². The average molecular weight is 176 g/mol. The summed E-state index contributed by atoms with van der Waals surface area (Å²) in [6.07, 6.45) is 0. The van der Waals surface area contributed by atoms with Crippen molar-refractivity contribution in [2.45, 2.75) is 6.92 Å². The third kappa shape index (κ3) is 1.28. The van der Waals surface area contributed by atoms with Crippen molar-refractivity contribution in [1.29, 1.82) is 0 Å². The van der Waals surface area contributed by atoms with Crippen LogP contribution in [-0.2, 0) is 0 Å². The molecule has 2 aromatic rings. The molecule has 0 fully saturated rings. The topological polar surface area (TPSA) is 50.4 Å². The first-order chi connectivity index (χ1) is 6.16. The Morgan fingerprint density at radius 3 is 2.85 bits per heavy atom. The zero-order valence-electron chi connectivity index (χ0n) is 7.07. The zero-order chi connectivity index (χ0) is 9.42. The Morgan fingerprint density at radius 2 is 2.15 bits per heavy atom. The van der Waals surface area contributed by atoms with Gasteiger partial charge in [0.1, 0.15) is 5.58 Å². The van der Waals surface area contributed by atoms with Crippen LogP contribution in [0.2, 0.25) is 0 Å². The largest absolute Gasteiger partial charge is 0.475 e. The number of aromatic carboxylic acids is 1. The van der Waals surface area contributed by atoms with Gasteiger partial charge in [0.05, 0.1) is 0 Å². The van der Waals surface area contributed by atoms with Crippen molar-refractivity contribution in [3.8, 4) is 0 Å². The Labute approximate surface area is 74.6 Å². The van der Waals surface area contributed by atoms with E-state index < -0.39 is 5.97 Å². The van der Waals surface area contributed by atoms with Gasteiger partial charge in [-0.1, -0.05) is 11.6 Å². The molecule has 3 nitrogen and oxygen atoms in total. The summed E-state index contributed by atoms with van der Waals surface area (Å²) < 4.78 is 5.08. The summed E-state index contributed by atoms with van der Waals surface area (Å²) in [6.45, 7) is 1.95. The zero-order valence-corrected chi connectivity index (χ0v) is 7.07. The van der Waals surface area contributed by atoms with E-state index in [9.17, 15) is 4.79 Å². The number of aryl methyl sites for hydroxylation is 1. The molecular weight excluding hydrogens is 168 g/mol. The predicted molar refractivity (Wildman–Crippen MR) is 47.9 cm³/mol. The number of rotatable bonds is 1. The van der Waals surface area contributed by atoms with Crippen LogP contribution >= 0.6 is 0 Å². The molecule has 0 amide bonds. The van der Waals surface area contributed by atoms with Gasteiger partial charge in [0.2, 0.25) is 5.76 Å². The van der Waals surface area contributed by atoms with Gasteiger partial charge < -0.3 is 9.52 Å². The van der Waals surface area contributed by atoms with Gasteiger partial charge >= 0.3 is 5.97 Å². The van der Waals surface area contributed by atoms with E-state index in [1.54, 1.807) is 6.07 Å². The van der Waals surface area contributed by atoms with Crippen LogP contribution in [-0.4, -0.2) is 11.1 Å². The third-order valence-corrected chi connectivity index (χ3v) is 1.88. The van der Waals surface area contributed by atoms with Crippen molar-refractivity contribution in [1.82, 2.24) is 0 Å². The summed E-state index contributed by atoms with van der Waals surface area (Å²) in [5.74, 6) is -1.05. The summed E-state index contributed by atoms with van der Waals surface area (Å²) in [5.41, 5.74) is 1.70. The molecule has 0 atom stereocenters. The first kappa shape index (κ1) is 7.86. The van der Waals surface area contributed by atoms with E-state index >= 15 is 0 Å². The highest BCUT2D eigenvalue weighted by atomic mass is 16.4. The van der Waals surface area contributed by atoms with Crippen LogP contribution in [0.3, 0.4) is 0 Å². The van der Waals surface area contributed by atoms with Crippen LogP contribution in [0.5, 0.6) is 0 Å². The second-order valence-electron chi connectivity index (χ2n) is 2.96. The Hall–Kier alpha value is -1.77. The molecule has 2 rings (SSSR count). The minimum Gasteiger partial charge on any atom is -0.475 e. The number of furan rings is 1. The number of benzene rings is 1. The van der Waals surface area contributed by atoms with Crippen molar-refractivity contribution in [3.63, 3.8) is 0 Å². The molecule has 0 aliphatic rings. The van der Waals surface area contributed by atoms with Crippen LogP contribution in [0.25, 0.3) is 11.0 Å². The van der Waals surface area contributed by atoms with E-state index in [2.05, 4.69) is 0 Å². The molecule has 0 spiro atoms. The first-order valence-electron chi connectivity index (χ1n) is 3.90. The van der Waals surface area contributed by atoms with Crippen LogP contribution < -0.4 is 0 Å². The molecule has 0 bridgehead atoms. The van der Waals surface area contributed by atoms with Gasteiger partial charge in [0.15, 0.2) is 0 Å². The van der Waals surface area contributed by atoms with Crippen molar-refractivity contribution in [2.75, 3.05) is 0 Å². The molecule has 0 unspecified atom stereocenters. The lowest BCUT2D eigenvalue weighted by molar-refractivity contribution is 0.0665. The summed E-state index contributed by atoms with van der Waals surface area (Å²) in [7, 11) is 0. The predicted octanol–water partition coefficient (Wildman–Crippen LogP) is 2.44. The number of hydrogen-bond donors (Lipinski definition) is 1. The fourth-order valence-electron chi connectivity index (χ4n) is 1.27. The second kappa shape index (κ2) is 2.62. The maximum Gasteiger partial charge on any atom is 0.371 e. The summed E-state index contributed by atoms with van der Waals surface area (Å²) >= 11 is 0. The molecule has 3 heteroatoms. The average Bonchev–Trinajstić information content (AvgIpc) is 2.46. The fraction of sp³-hybridized carbons (Fsp3) is 0.100. The van der Waals surface area contributed by atoms with Gasteiger partial charge in [-0.3, -0.25) is 0 Å². The van der Waals surface area contributed by atoms with Crippen LogP contribution in [0.15, 0.2) is 28.7 Å². The lowest BCUT2D eigenvalue weighted by atomic mass is 10.2. The highest BCUT2D eigenvalue weighted by molar-refractivity contribution is 5.91. The van der Waals surface area contributed by atoms with E-state index in [4.69, 9.17) is 9.52 Å².